The molecule has 47 heavy (non-hydrogen) atoms. The molecule has 2 aromatic carbocycles. The second kappa shape index (κ2) is 15.9. The zero-order chi connectivity index (χ0) is 34.4. The average molecular weight is 669 g/mol. The van der Waals surface area contributed by atoms with Crippen molar-refractivity contribution in [1.29, 1.82) is 0 Å². The van der Waals surface area contributed by atoms with Crippen LogP contribution in [-0.4, -0.2) is 138 Å². The predicted molar refractivity (Wildman–Crippen MR) is 159 cm³/mol. The van der Waals surface area contributed by atoms with Crippen LogP contribution in [0.3, 0.4) is 0 Å². The van der Waals surface area contributed by atoms with Gasteiger partial charge in [0.25, 0.3) is 0 Å². The number of esters is 1. The third-order valence-corrected chi connectivity index (χ3v) is 7.63. The van der Waals surface area contributed by atoms with E-state index in [-0.39, 0.29) is 40.9 Å². The molecule has 0 aliphatic carbocycles. The first kappa shape index (κ1) is 36.1. The minimum Gasteiger partial charge on any atom is -0.493 e. The number of aliphatic hydroxyl groups is 7. The summed E-state index contributed by atoms with van der Waals surface area (Å²) in [7, 11) is 3.96. The number of hydrogen-bond acceptors (Lipinski definition) is 16. The number of benzene rings is 2. The quantitative estimate of drug-likeness (QED) is 0.134. The Hall–Kier alpha value is -3.71. The van der Waals surface area contributed by atoms with Crippen LogP contribution in [0.15, 0.2) is 36.4 Å². The molecule has 2 saturated heterocycles. The molecular formula is C31H40O16. The van der Waals surface area contributed by atoms with Gasteiger partial charge in [0.2, 0.25) is 18.3 Å². The molecule has 0 radical (unpaired) electrons. The first-order valence-electron chi connectivity index (χ1n) is 14.5. The topological polar surface area (TPSA) is 233 Å². The van der Waals surface area contributed by atoms with Gasteiger partial charge >= 0.3 is 5.97 Å². The number of hydrogen-bond donors (Lipinski definition) is 7. The average Bonchev–Trinajstić information content (AvgIpc) is 3.08. The summed E-state index contributed by atoms with van der Waals surface area (Å²) in [6.45, 7) is 0.751. The fourth-order valence-electron chi connectivity index (χ4n) is 4.93. The molecule has 16 heteroatoms. The number of methoxy groups -OCH3 is 3. The number of carbonyl (C=O) groups is 1. The summed E-state index contributed by atoms with van der Waals surface area (Å²) in [6.07, 6.45) is -11.6. The standard InChI is InChI=1S/C31H40O16/c1-14-22(33)24(35)26(37)30(44-14)47-28-19(41-3)11-16(12-20(28)42-4)29(39)43-13-21-23(34)25(36)27(38)31(46-21)45-17-8-7-15(6-5-9-32)10-18(17)40-2/h5-8,10-12,14,21-27,30-38H,9,13H2,1-4H3/t14-,21+,22-,23+,24+,25-,26+,27+,30-,31+/m0/s1. The molecule has 16 nitrogen and oxygen atoms in total. The molecular weight excluding hydrogens is 628 g/mol. The zero-order valence-electron chi connectivity index (χ0n) is 26.0. The second-order valence-electron chi connectivity index (χ2n) is 10.7. The summed E-state index contributed by atoms with van der Waals surface area (Å²) in [5.74, 6) is -0.669. The van der Waals surface area contributed by atoms with Crippen molar-refractivity contribution in [3.8, 4) is 28.7 Å². The Morgan fingerprint density at radius 2 is 1.34 bits per heavy atom. The van der Waals surface area contributed by atoms with Crippen LogP contribution < -0.4 is 23.7 Å². The second-order valence-corrected chi connectivity index (χ2v) is 10.7. The van der Waals surface area contributed by atoms with Crippen molar-refractivity contribution >= 4 is 12.0 Å². The molecule has 0 bridgehead atoms. The number of aliphatic hydroxyl groups excluding tert-OH is 7. The Balaban J connectivity index is 1.47. The van der Waals surface area contributed by atoms with Crippen molar-refractivity contribution in [2.45, 2.75) is 68.3 Å². The van der Waals surface area contributed by atoms with Crippen molar-refractivity contribution in [3.63, 3.8) is 0 Å². The fraction of sp³-hybridized carbons (Fsp3) is 0.516. The first-order chi connectivity index (χ1) is 22.4. The Kier molecular flexibility index (Phi) is 12.2. The van der Waals surface area contributed by atoms with Crippen LogP contribution in [0.25, 0.3) is 6.08 Å². The van der Waals surface area contributed by atoms with E-state index in [0.717, 1.165) is 0 Å². The lowest BCUT2D eigenvalue weighted by Crippen LogP contribution is -2.60. The zero-order valence-corrected chi connectivity index (χ0v) is 26.0. The van der Waals surface area contributed by atoms with E-state index in [1.807, 2.05) is 0 Å². The van der Waals surface area contributed by atoms with Crippen molar-refractivity contribution in [2.75, 3.05) is 34.5 Å². The molecule has 2 aromatic rings. The first-order valence-corrected chi connectivity index (χ1v) is 14.5. The predicted octanol–water partition coefficient (Wildman–Crippen LogP) is -1.03. The highest BCUT2D eigenvalue weighted by Gasteiger charge is 2.46. The van der Waals surface area contributed by atoms with Crippen molar-refractivity contribution in [3.05, 3.63) is 47.5 Å². The Bertz CT molecular complexity index is 1360. The third kappa shape index (κ3) is 8.06. The van der Waals surface area contributed by atoms with Crippen molar-refractivity contribution in [2.24, 2.45) is 0 Å². The maximum Gasteiger partial charge on any atom is 0.338 e. The summed E-state index contributed by atoms with van der Waals surface area (Å²) in [6, 6.07) is 7.29. The molecule has 0 saturated carbocycles. The summed E-state index contributed by atoms with van der Waals surface area (Å²) in [5.41, 5.74) is 0.605. The molecule has 0 unspecified atom stereocenters. The number of carbonyl (C=O) groups excluding carboxylic acids is 1. The van der Waals surface area contributed by atoms with E-state index in [4.69, 9.17) is 43.0 Å². The lowest BCUT2D eigenvalue weighted by atomic mass is 9.99. The number of ether oxygens (including phenoxy) is 8. The SMILES string of the molecule is COc1cc(C=CCO)ccc1O[C@@H]1O[C@H](COC(=O)c2cc(OC)c(O[C@@H]3O[C@@H](C)[C@H](O)[C@@H](O)[C@H]3O)c(OC)c2)[C@@H](O)[C@H](O)[C@H]1O. The molecule has 260 valence electrons. The minimum atomic E-state index is -1.73. The van der Waals surface area contributed by atoms with Gasteiger partial charge in [-0.25, -0.2) is 4.79 Å². The smallest absolute Gasteiger partial charge is 0.338 e. The normalized spacial score (nSPS) is 30.9. The van der Waals surface area contributed by atoms with Crippen LogP contribution >= 0.6 is 0 Å². The highest BCUT2D eigenvalue weighted by Crippen LogP contribution is 2.41. The van der Waals surface area contributed by atoms with Gasteiger partial charge < -0.3 is 73.6 Å². The monoisotopic (exact) mass is 668 g/mol. The molecule has 2 heterocycles. The molecule has 7 N–H and O–H groups in total. The van der Waals surface area contributed by atoms with Gasteiger partial charge in [-0.05, 0) is 36.8 Å². The largest absolute Gasteiger partial charge is 0.493 e. The van der Waals surface area contributed by atoms with Crippen LogP contribution in [0.4, 0.5) is 0 Å². The third-order valence-electron chi connectivity index (χ3n) is 7.63. The fourth-order valence-corrected chi connectivity index (χ4v) is 4.93. The van der Waals surface area contributed by atoms with E-state index >= 15 is 0 Å². The summed E-state index contributed by atoms with van der Waals surface area (Å²) in [5, 5.41) is 71.1. The van der Waals surface area contributed by atoms with E-state index in [9.17, 15) is 35.4 Å². The maximum atomic E-state index is 13.1. The highest BCUT2D eigenvalue weighted by atomic mass is 16.7. The summed E-state index contributed by atoms with van der Waals surface area (Å²) >= 11 is 0. The summed E-state index contributed by atoms with van der Waals surface area (Å²) in [4.78, 5) is 13.1. The van der Waals surface area contributed by atoms with Gasteiger partial charge in [-0.3, -0.25) is 0 Å². The molecule has 10 atom stereocenters. The Morgan fingerprint density at radius 3 is 1.94 bits per heavy atom. The van der Waals surface area contributed by atoms with Gasteiger partial charge in [-0.1, -0.05) is 18.2 Å². The van der Waals surface area contributed by atoms with Crippen LogP contribution in [0.2, 0.25) is 0 Å². The van der Waals surface area contributed by atoms with Crippen LogP contribution in [0.5, 0.6) is 28.7 Å². The van der Waals surface area contributed by atoms with E-state index in [1.54, 1.807) is 18.2 Å². The molecule has 0 spiro atoms. The molecule has 4 rings (SSSR count). The van der Waals surface area contributed by atoms with Crippen LogP contribution in [0, 0.1) is 0 Å². The maximum absolute atomic E-state index is 13.1. The highest BCUT2D eigenvalue weighted by molar-refractivity contribution is 5.91. The van der Waals surface area contributed by atoms with Gasteiger partial charge in [-0.2, -0.15) is 0 Å². The Morgan fingerprint density at radius 1 is 0.745 bits per heavy atom. The van der Waals surface area contributed by atoms with Gasteiger partial charge in [0.15, 0.2) is 23.0 Å². The van der Waals surface area contributed by atoms with Gasteiger partial charge in [-0.15, -0.1) is 0 Å². The molecule has 2 aliphatic rings. The van der Waals surface area contributed by atoms with Crippen molar-refractivity contribution < 1.29 is 78.4 Å². The lowest BCUT2D eigenvalue weighted by Gasteiger charge is -2.40. The lowest BCUT2D eigenvalue weighted by molar-refractivity contribution is -0.277. The molecule has 2 aliphatic heterocycles. The van der Waals surface area contributed by atoms with Gasteiger partial charge in [0, 0.05) is 0 Å². The molecule has 2 fully saturated rings. The minimum absolute atomic E-state index is 0.0341. The van der Waals surface area contributed by atoms with Crippen LogP contribution in [0.1, 0.15) is 22.8 Å². The van der Waals surface area contributed by atoms with E-state index < -0.39 is 74.0 Å². The number of rotatable bonds is 12. The van der Waals surface area contributed by atoms with E-state index in [1.165, 1.54) is 52.5 Å². The van der Waals surface area contributed by atoms with Crippen LogP contribution in [-0.2, 0) is 14.2 Å². The summed E-state index contributed by atoms with van der Waals surface area (Å²) < 4.78 is 44.1. The van der Waals surface area contributed by atoms with Gasteiger partial charge in [0.1, 0.15) is 49.3 Å². The van der Waals surface area contributed by atoms with E-state index in [2.05, 4.69) is 0 Å². The van der Waals surface area contributed by atoms with Crippen molar-refractivity contribution in [1.82, 2.24) is 0 Å². The van der Waals surface area contributed by atoms with Gasteiger partial charge in [0.05, 0.1) is 39.6 Å². The molecule has 0 amide bonds. The Labute approximate surface area is 269 Å². The van der Waals surface area contributed by atoms with E-state index in [0.29, 0.717) is 5.56 Å². The molecule has 0 aromatic heterocycles.